The molecular weight excluding hydrogens is 352 g/mol. The summed E-state index contributed by atoms with van der Waals surface area (Å²) in [5, 5.41) is 8.84. The Balaban J connectivity index is 1.63. The molecule has 1 aromatic heterocycles. The topological polar surface area (TPSA) is 83.1 Å². The minimum absolute atomic E-state index is 0.115. The van der Waals surface area contributed by atoms with Crippen molar-refractivity contribution < 1.29 is 9.59 Å². The predicted octanol–water partition coefficient (Wildman–Crippen LogP) is 4.02. The van der Waals surface area contributed by atoms with Gasteiger partial charge in [-0.3, -0.25) is 14.6 Å². The molecule has 0 fully saturated rings. The normalized spacial score (nSPS) is 10.2. The molecule has 1 heterocycles. The highest BCUT2D eigenvalue weighted by atomic mass is 16.2. The molecule has 0 spiro atoms. The van der Waals surface area contributed by atoms with E-state index in [9.17, 15) is 9.59 Å². The molecule has 2 amide bonds. The van der Waals surface area contributed by atoms with Crippen molar-refractivity contribution in [3.05, 3.63) is 83.7 Å². The van der Waals surface area contributed by atoms with Crippen molar-refractivity contribution in [3.8, 4) is 0 Å². The summed E-state index contributed by atoms with van der Waals surface area (Å²) in [7, 11) is 0. The Morgan fingerprint density at radius 1 is 0.929 bits per heavy atom. The molecule has 0 bridgehead atoms. The highest BCUT2D eigenvalue weighted by molar-refractivity contribution is 5.93. The van der Waals surface area contributed by atoms with E-state index in [1.807, 2.05) is 43.3 Å². The Bertz CT molecular complexity index is 984. The molecule has 6 nitrogen and oxygen atoms in total. The van der Waals surface area contributed by atoms with Crippen LogP contribution >= 0.6 is 0 Å². The number of carbonyl (C=O) groups excluding carboxylic acids is 2. The Kier molecular flexibility index (Phi) is 6.01. The van der Waals surface area contributed by atoms with Crippen LogP contribution in [0, 0.1) is 6.92 Å². The Hall–Kier alpha value is -3.67. The number of aryl methyl sites for hydroxylation is 1. The fourth-order valence-corrected chi connectivity index (χ4v) is 2.73. The number of carbonyl (C=O) groups is 2. The van der Waals surface area contributed by atoms with Crippen LogP contribution in [0.1, 0.15) is 28.5 Å². The van der Waals surface area contributed by atoms with E-state index in [-0.39, 0.29) is 11.8 Å². The van der Waals surface area contributed by atoms with Gasteiger partial charge in [-0.05, 0) is 48.9 Å². The molecule has 0 aliphatic carbocycles. The quantitative estimate of drug-likeness (QED) is 0.608. The van der Waals surface area contributed by atoms with Crippen molar-refractivity contribution in [1.82, 2.24) is 10.3 Å². The maximum absolute atomic E-state index is 12.4. The van der Waals surface area contributed by atoms with Gasteiger partial charge in [-0.15, -0.1) is 0 Å². The highest BCUT2D eigenvalue weighted by Gasteiger charge is 2.08. The van der Waals surface area contributed by atoms with Crippen LogP contribution in [0.4, 0.5) is 17.1 Å². The number of pyridine rings is 1. The molecule has 142 valence electrons. The average Bonchev–Trinajstić information content (AvgIpc) is 2.67. The third-order valence-electron chi connectivity index (χ3n) is 4.02. The number of hydrogen-bond donors (Lipinski definition) is 3. The molecule has 3 N–H and O–H groups in total. The zero-order valence-electron chi connectivity index (χ0n) is 15.8. The number of amides is 2. The third-order valence-corrected chi connectivity index (χ3v) is 4.02. The summed E-state index contributed by atoms with van der Waals surface area (Å²) < 4.78 is 0. The van der Waals surface area contributed by atoms with E-state index >= 15 is 0 Å². The molecule has 2 aromatic carbocycles. The summed E-state index contributed by atoms with van der Waals surface area (Å²) >= 11 is 0. The van der Waals surface area contributed by atoms with Crippen LogP contribution in [-0.2, 0) is 11.3 Å². The second-order valence-corrected chi connectivity index (χ2v) is 6.49. The summed E-state index contributed by atoms with van der Waals surface area (Å²) in [4.78, 5) is 27.7. The molecule has 3 rings (SSSR count). The smallest absolute Gasteiger partial charge is 0.270 e. The number of aromatic nitrogens is 1. The second-order valence-electron chi connectivity index (χ2n) is 6.49. The van der Waals surface area contributed by atoms with Gasteiger partial charge in [0.1, 0.15) is 5.69 Å². The minimum atomic E-state index is -0.230. The van der Waals surface area contributed by atoms with E-state index in [0.29, 0.717) is 12.2 Å². The third kappa shape index (κ3) is 5.41. The van der Waals surface area contributed by atoms with Crippen LogP contribution in [0.5, 0.6) is 0 Å². The molecule has 0 aliphatic rings. The van der Waals surface area contributed by atoms with Crippen LogP contribution in [0.25, 0.3) is 0 Å². The van der Waals surface area contributed by atoms with Crippen molar-refractivity contribution in [2.75, 3.05) is 10.6 Å². The Labute approximate surface area is 164 Å². The monoisotopic (exact) mass is 374 g/mol. The van der Waals surface area contributed by atoms with Crippen molar-refractivity contribution >= 4 is 28.9 Å². The molecule has 0 saturated heterocycles. The standard InChI is InChI=1S/C22H22N4O2/c1-15-4-3-5-17(12-15)14-24-22(28)21-13-20(10-11-23-21)26-19-8-6-18(7-9-19)25-16(2)27/h3-13H,14H2,1-2H3,(H,23,26)(H,24,28)(H,25,27). The minimum Gasteiger partial charge on any atom is -0.355 e. The van der Waals surface area contributed by atoms with E-state index in [4.69, 9.17) is 0 Å². The molecule has 0 unspecified atom stereocenters. The van der Waals surface area contributed by atoms with Crippen molar-refractivity contribution in [1.29, 1.82) is 0 Å². The summed E-state index contributed by atoms with van der Waals surface area (Å²) in [6, 6.07) is 18.8. The Morgan fingerprint density at radius 2 is 1.68 bits per heavy atom. The first-order valence-corrected chi connectivity index (χ1v) is 8.94. The molecule has 0 atom stereocenters. The molecule has 3 aromatic rings. The molecular formula is C22H22N4O2. The number of rotatable bonds is 6. The lowest BCUT2D eigenvalue weighted by molar-refractivity contribution is -0.114. The van der Waals surface area contributed by atoms with Crippen LogP contribution in [0.2, 0.25) is 0 Å². The van der Waals surface area contributed by atoms with Gasteiger partial charge < -0.3 is 16.0 Å². The van der Waals surface area contributed by atoms with Gasteiger partial charge in [0.05, 0.1) is 0 Å². The maximum atomic E-state index is 12.4. The Morgan fingerprint density at radius 3 is 2.39 bits per heavy atom. The number of benzene rings is 2. The van der Waals surface area contributed by atoms with Gasteiger partial charge in [-0.2, -0.15) is 0 Å². The lowest BCUT2D eigenvalue weighted by Crippen LogP contribution is -2.23. The van der Waals surface area contributed by atoms with Crippen LogP contribution in [-0.4, -0.2) is 16.8 Å². The van der Waals surface area contributed by atoms with Crippen molar-refractivity contribution in [2.24, 2.45) is 0 Å². The maximum Gasteiger partial charge on any atom is 0.270 e. The fourth-order valence-electron chi connectivity index (χ4n) is 2.73. The predicted molar refractivity (Wildman–Crippen MR) is 111 cm³/mol. The molecule has 0 saturated carbocycles. The fraction of sp³-hybridized carbons (Fsp3) is 0.136. The number of anilines is 3. The lowest BCUT2D eigenvalue weighted by Gasteiger charge is -2.10. The van der Waals surface area contributed by atoms with E-state index in [0.717, 1.165) is 28.2 Å². The van der Waals surface area contributed by atoms with Crippen LogP contribution in [0.15, 0.2) is 66.9 Å². The zero-order chi connectivity index (χ0) is 19.9. The van der Waals surface area contributed by atoms with Crippen molar-refractivity contribution in [2.45, 2.75) is 20.4 Å². The molecule has 28 heavy (non-hydrogen) atoms. The van der Waals surface area contributed by atoms with Crippen molar-refractivity contribution in [3.63, 3.8) is 0 Å². The largest absolute Gasteiger partial charge is 0.355 e. The van der Waals surface area contributed by atoms with Gasteiger partial charge in [-0.1, -0.05) is 29.8 Å². The SMILES string of the molecule is CC(=O)Nc1ccc(Nc2ccnc(C(=O)NCc3cccc(C)c3)c2)cc1. The van der Waals surface area contributed by atoms with Gasteiger partial charge >= 0.3 is 0 Å². The first kappa shape index (κ1) is 19.1. The average molecular weight is 374 g/mol. The number of nitrogens with zero attached hydrogens (tertiary/aromatic N) is 1. The number of nitrogens with one attached hydrogen (secondary N) is 3. The van der Waals surface area contributed by atoms with E-state index in [1.165, 1.54) is 6.92 Å². The summed E-state index contributed by atoms with van der Waals surface area (Å²) in [5.74, 6) is -0.345. The van der Waals surface area contributed by atoms with E-state index < -0.39 is 0 Å². The van der Waals surface area contributed by atoms with E-state index in [1.54, 1.807) is 30.5 Å². The second kappa shape index (κ2) is 8.81. The summed E-state index contributed by atoms with van der Waals surface area (Å²) in [6.45, 7) is 3.93. The van der Waals surface area contributed by atoms with Gasteiger partial charge in [0.2, 0.25) is 5.91 Å². The summed E-state index contributed by atoms with van der Waals surface area (Å²) in [6.07, 6.45) is 1.59. The number of hydrogen-bond acceptors (Lipinski definition) is 4. The first-order chi connectivity index (χ1) is 13.5. The van der Waals surface area contributed by atoms with E-state index in [2.05, 4.69) is 20.9 Å². The van der Waals surface area contributed by atoms with Gasteiger partial charge in [0, 0.05) is 36.7 Å². The van der Waals surface area contributed by atoms with Gasteiger partial charge in [0.25, 0.3) is 5.91 Å². The van der Waals surface area contributed by atoms with Gasteiger partial charge in [-0.25, -0.2) is 0 Å². The van der Waals surface area contributed by atoms with Crippen LogP contribution in [0.3, 0.4) is 0 Å². The zero-order valence-corrected chi connectivity index (χ0v) is 15.8. The van der Waals surface area contributed by atoms with Gasteiger partial charge in [0.15, 0.2) is 0 Å². The highest BCUT2D eigenvalue weighted by Crippen LogP contribution is 2.19. The summed E-state index contributed by atoms with van der Waals surface area (Å²) in [5.41, 5.74) is 4.85. The molecule has 0 radical (unpaired) electrons. The van der Waals surface area contributed by atoms with Crippen LogP contribution < -0.4 is 16.0 Å². The lowest BCUT2D eigenvalue weighted by atomic mass is 10.1. The molecule has 0 aliphatic heterocycles. The first-order valence-electron chi connectivity index (χ1n) is 8.94. The molecule has 6 heteroatoms.